The molecule has 3 rings (SSSR count). The van der Waals surface area contributed by atoms with Gasteiger partial charge in [0.05, 0.1) is 16.6 Å². The maximum Gasteiger partial charge on any atom is 0.231 e. The van der Waals surface area contributed by atoms with Gasteiger partial charge >= 0.3 is 0 Å². The average Bonchev–Trinajstić information content (AvgIpc) is 2.90. The SMILES string of the molecule is CC(=O)CC(=O)Nc1ccc2nc(-c3ccccc3)sc2c1. The van der Waals surface area contributed by atoms with E-state index in [4.69, 9.17) is 0 Å². The highest BCUT2D eigenvalue weighted by Gasteiger charge is 2.09. The molecule has 0 atom stereocenters. The molecule has 22 heavy (non-hydrogen) atoms. The normalized spacial score (nSPS) is 10.6. The molecule has 4 nitrogen and oxygen atoms in total. The zero-order valence-corrected chi connectivity index (χ0v) is 12.8. The summed E-state index contributed by atoms with van der Waals surface area (Å²) in [6, 6.07) is 15.5. The first-order valence-electron chi connectivity index (χ1n) is 6.87. The van der Waals surface area contributed by atoms with Gasteiger partial charge < -0.3 is 5.32 Å². The number of amides is 1. The number of thiazole rings is 1. The number of carbonyl (C=O) groups is 2. The lowest BCUT2D eigenvalue weighted by Crippen LogP contribution is -2.14. The van der Waals surface area contributed by atoms with Crippen molar-refractivity contribution in [1.82, 2.24) is 4.98 Å². The van der Waals surface area contributed by atoms with E-state index < -0.39 is 0 Å². The largest absolute Gasteiger partial charge is 0.326 e. The maximum absolute atomic E-state index is 11.6. The molecule has 1 aromatic heterocycles. The number of aromatic nitrogens is 1. The summed E-state index contributed by atoms with van der Waals surface area (Å²) in [6.07, 6.45) is -0.101. The molecule has 5 heteroatoms. The van der Waals surface area contributed by atoms with Gasteiger partial charge in [-0.1, -0.05) is 30.3 Å². The molecule has 110 valence electrons. The summed E-state index contributed by atoms with van der Waals surface area (Å²) in [5.41, 5.74) is 2.65. The van der Waals surface area contributed by atoms with Crippen LogP contribution >= 0.6 is 11.3 Å². The summed E-state index contributed by atoms with van der Waals surface area (Å²) in [4.78, 5) is 27.2. The molecule has 0 unspecified atom stereocenters. The summed E-state index contributed by atoms with van der Waals surface area (Å²) in [7, 11) is 0. The van der Waals surface area contributed by atoms with Crippen molar-refractivity contribution < 1.29 is 9.59 Å². The van der Waals surface area contributed by atoms with Crippen LogP contribution in [0.2, 0.25) is 0 Å². The molecule has 3 aromatic rings. The van der Waals surface area contributed by atoms with Crippen molar-refractivity contribution in [1.29, 1.82) is 0 Å². The zero-order valence-electron chi connectivity index (χ0n) is 12.0. The summed E-state index contributed by atoms with van der Waals surface area (Å²) in [5.74, 6) is -0.442. The number of benzene rings is 2. The Bertz CT molecular complexity index is 840. The molecule has 0 fully saturated rings. The van der Waals surface area contributed by atoms with Gasteiger partial charge in [-0.05, 0) is 25.1 Å². The fraction of sp³-hybridized carbons (Fsp3) is 0.118. The molecule has 0 saturated heterocycles. The van der Waals surface area contributed by atoms with E-state index in [-0.39, 0.29) is 18.1 Å². The molecule has 0 aliphatic carbocycles. The Morgan fingerprint density at radius 1 is 1.14 bits per heavy atom. The number of hydrogen-bond acceptors (Lipinski definition) is 4. The number of rotatable bonds is 4. The quantitative estimate of drug-likeness (QED) is 0.744. The number of nitrogens with one attached hydrogen (secondary N) is 1. The Balaban J connectivity index is 1.87. The van der Waals surface area contributed by atoms with E-state index in [0.29, 0.717) is 5.69 Å². The van der Waals surface area contributed by atoms with E-state index in [1.165, 1.54) is 6.92 Å². The molecule has 1 N–H and O–H groups in total. The van der Waals surface area contributed by atoms with Gasteiger partial charge in [0, 0.05) is 11.3 Å². The van der Waals surface area contributed by atoms with Crippen LogP contribution in [0, 0.1) is 0 Å². The van der Waals surface area contributed by atoms with Gasteiger partial charge in [0.1, 0.15) is 10.8 Å². The van der Waals surface area contributed by atoms with Crippen LogP contribution in [0.4, 0.5) is 5.69 Å². The molecule has 0 aliphatic rings. The van der Waals surface area contributed by atoms with Crippen LogP contribution in [-0.4, -0.2) is 16.7 Å². The number of Topliss-reactive ketones (excluding diaryl/α,β-unsaturated/α-hetero) is 1. The van der Waals surface area contributed by atoms with E-state index in [1.54, 1.807) is 17.4 Å². The third-order valence-corrected chi connectivity index (χ3v) is 4.17. The number of ketones is 1. The zero-order chi connectivity index (χ0) is 15.5. The average molecular weight is 310 g/mol. The predicted octanol–water partition coefficient (Wildman–Crippen LogP) is 3.88. The van der Waals surface area contributed by atoms with E-state index in [0.717, 1.165) is 20.8 Å². The lowest BCUT2D eigenvalue weighted by molar-refractivity contribution is -0.124. The number of fused-ring (bicyclic) bond motifs is 1. The molecule has 1 amide bonds. The topological polar surface area (TPSA) is 59.1 Å². The predicted molar refractivity (Wildman–Crippen MR) is 89.0 cm³/mol. The van der Waals surface area contributed by atoms with Gasteiger partial charge in [0.15, 0.2) is 0 Å². The van der Waals surface area contributed by atoms with Gasteiger partial charge in [-0.25, -0.2) is 4.98 Å². The first-order chi connectivity index (χ1) is 10.6. The maximum atomic E-state index is 11.6. The minimum Gasteiger partial charge on any atom is -0.326 e. The lowest BCUT2D eigenvalue weighted by Gasteiger charge is -2.03. The van der Waals surface area contributed by atoms with E-state index >= 15 is 0 Å². The van der Waals surface area contributed by atoms with Crippen molar-refractivity contribution in [2.75, 3.05) is 5.32 Å². The van der Waals surface area contributed by atoms with Crippen LogP contribution in [0.25, 0.3) is 20.8 Å². The highest BCUT2D eigenvalue weighted by molar-refractivity contribution is 7.21. The van der Waals surface area contributed by atoms with Gasteiger partial charge in [0.25, 0.3) is 0 Å². The van der Waals surface area contributed by atoms with Crippen LogP contribution in [-0.2, 0) is 9.59 Å². The molecule has 0 bridgehead atoms. The minimum absolute atomic E-state index is 0.101. The molecule has 0 aliphatic heterocycles. The molecule has 0 saturated carbocycles. The third kappa shape index (κ3) is 3.20. The highest BCUT2D eigenvalue weighted by Crippen LogP contribution is 2.31. The van der Waals surface area contributed by atoms with E-state index in [2.05, 4.69) is 10.3 Å². The number of hydrogen-bond donors (Lipinski definition) is 1. The van der Waals surface area contributed by atoms with Gasteiger partial charge in [-0.3, -0.25) is 9.59 Å². The molecular formula is C17H14N2O2S. The Morgan fingerprint density at radius 3 is 2.64 bits per heavy atom. The van der Waals surface area contributed by atoms with Crippen molar-refractivity contribution in [3.05, 3.63) is 48.5 Å². The smallest absolute Gasteiger partial charge is 0.231 e. The number of anilines is 1. The molecule has 0 spiro atoms. The van der Waals surface area contributed by atoms with Crippen molar-refractivity contribution in [2.45, 2.75) is 13.3 Å². The van der Waals surface area contributed by atoms with Crippen molar-refractivity contribution in [3.8, 4) is 10.6 Å². The fourth-order valence-electron chi connectivity index (χ4n) is 2.14. The first-order valence-corrected chi connectivity index (χ1v) is 7.69. The van der Waals surface area contributed by atoms with Crippen molar-refractivity contribution >= 4 is 38.9 Å². The van der Waals surface area contributed by atoms with Crippen LogP contribution in [0.5, 0.6) is 0 Å². The standard InChI is InChI=1S/C17H14N2O2S/c1-11(20)9-16(21)18-13-7-8-14-15(10-13)22-17(19-14)12-5-3-2-4-6-12/h2-8,10H,9H2,1H3,(H,18,21). The summed E-state index contributed by atoms with van der Waals surface area (Å²) in [6.45, 7) is 1.40. The third-order valence-electron chi connectivity index (χ3n) is 3.10. The minimum atomic E-state index is -0.292. The van der Waals surface area contributed by atoms with Crippen LogP contribution < -0.4 is 5.32 Å². The Hall–Kier alpha value is -2.53. The lowest BCUT2D eigenvalue weighted by atomic mass is 10.2. The van der Waals surface area contributed by atoms with E-state index in [9.17, 15) is 9.59 Å². The number of carbonyl (C=O) groups excluding carboxylic acids is 2. The Labute approximate surface area is 131 Å². The van der Waals surface area contributed by atoms with Crippen molar-refractivity contribution in [3.63, 3.8) is 0 Å². The molecular weight excluding hydrogens is 296 g/mol. The summed E-state index contributed by atoms with van der Waals surface area (Å²) >= 11 is 1.58. The highest BCUT2D eigenvalue weighted by atomic mass is 32.1. The Morgan fingerprint density at radius 2 is 1.91 bits per heavy atom. The van der Waals surface area contributed by atoms with Crippen molar-refractivity contribution in [2.24, 2.45) is 0 Å². The number of nitrogens with zero attached hydrogens (tertiary/aromatic N) is 1. The summed E-state index contributed by atoms with van der Waals surface area (Å²) < 4.78 is 1.000. The second-order valence-corrected chi connectivity index (χ2v) is 6.03. The monoisotopic (exact) mass is 310 g/mol. The van der Waals surface area contributed by atoms with E-state index in [1.807, 2.05) is 42.5 Å². The molecule has 2 aromatic carbocycles. The van der Waals surface area contributed by atoms with Gasteiger partial charge in [-0.2, -0.15) is 0 Å². The van der Waals surface area contributed by atoms with Crippen LogP contribution in [0.3, 0.4) is 0 Å². The van der Waals surface area contributed by atoms with Gasteiger partial charge in [0.2, 0.25) is 5.91 Å². The van der Waals surface area contributed by atoms with Crippen LogP contribution in [0.1, 0.15) is 13.3 Å². The second kappa shape index (κ2) is 6.07. The van der Waals surface area contributed by atoms with Crippen LogP contribution in [0.15, 0.2) is 48.5 Å². The molecule has 1 heterocycles. The second-order valence-electron chi connectivity index (χ2n) is 4.99. The fourth-order valence-corrected chi connectivity index (χ4v) is 3.15. The Kier molecular flexibility index (Phi) is 3.98. The summed E-state index contributed by atoms with van der Waals surface area (Å²) in [5, 5.41) is 3.68. The molecule has 0 radical (unpaired) electrons. The first kappa shape index (κ1) is 14.4. The van der Waals surface area contributed by atoms with Gasteiger partial charge in [-0.15, -0.1) is 11.3 Å².